The van der Waals surface area contributed by atoms with Crippen LogP contribution in [0.15, 0.2) is 12.1 Å². The van der Waals surface area contributed by atoms with Crippen LogP contribution in [0.2, 0.25) is 36.3 Å². The highest BCUT2D eigenvalue weighted by Crippen LogP contribution is 2.64. The lowest BCUT2D eigenvalue weighted by molar-refractivity contribution is -0.0969. The van der Waals surface area contributed by atoms with Crippen molar-refractivity contribution >= 4 is 22.4 Å². The summed E-state index contributed by atoms with van der Waals surface area (Å²) in [5.74, 6) is 2.36. The number of hydrogen-bond acceptors (Lipinski definition) is 4. The van der Waals surface area contributed by atoms with Gasteiger partial charge in [-0.15, -0.1) is 0 Å². The SMILES string of the molecule is C[C@@H]1CC[C@H]2[C@H](C)c3ccc4c(c3CN2C1)C(=O)[C@H]1[C@H]4C[C@@H](O[Si](C)(C)C(C)(C)C)[C@H]2C[C@@H](O[Si](C)(C)C(C)(C)C)CC[C@@]21C. The summed E-state index contributed by atoms with van der Waals surface area (Å²) in [5.41, 5.74) is 5.23. The highest BCUT2D eigenvalue weighted by atomic mass is 28.4. The Balaban J connectivity index is 1.39. The molecule has 0 spiro atoms. The molecule has 9 atom stereocenters. The number of piperidine rings is 1. The van der Waals surface area contributed by atoms with E-state index >= 15 is 4.79 Å². The average Bonchev–Trinajstić information content (AvgIpc) is 3.20. The Morgan fingerprint density at radius 1 is 0.867 bits per heavy atom. The largest absolute Gasteiger partial charge is 0.414 e. The van der Waals surface area contributed by atoms with Crippen molar-refractivity contribution < 1.29 is 13.6 Å². The van der Waals surface area contributed by atoms with E-state index in [2.05, 4.69) is 106 Å². The molecule has 1 aromatic carbocycles. The van der Waals surface area contributed by atoms with Crippen molar-refractivity contribution in [3.63, 3.8) is 0 Å². The van der Waals surface area contributed by atoms with Gasteiger partial charge < -0.3 is 8.85 Å². The van der Waals surface area contributed by atoms with Gasteiger partial charge in [-0.3, -0.25) is 9.69 Å². The normalized spacial score (nSPS) is 37.4. The monoisotopic (exact) mass is 651 g/mol. The maximum absolute atomic E-state index is 15.0. The van der Waals surface area contributed by atoms with Crippen LogP contribution in [0.4, 0.5) is 0 Å². The quantitative estimate of drug-likeness (QED) is 0.304. The summed E-state index contributed by atoms with van der Waals surface area (Å²) in [6.07, 6.45) is 7.15. The molecule has 0 aromatic heterocycles. The number of carbonyl (C=O) groups is 1. The number of rotatable bonds is 4. The predicted octanol–water partition coefficient (Wildman–Crippen LogP) is 10.3. The summed E-state index contributed by atoms with van der Waals surface area (Å²) in [4.78, 5) is 17.7. The Morgan fingerprint density at radius 2 is 1.49 bits per heavy atom. The molecule has 4 nitrogen and oxygen atoms in total. The van der Waals surface area contributed by atoms with Crippen molar-refractivity contribution in [1.82, 2.24) is 4.90 Å². The fraction of sp³-hybridized carbons (Fsp3) is 0.821. The molecule has 3 aliphatic carbocycles. The zero-order valence-corrected chi connectivity index (χ0v) is 33.1. The molecule has 0 radical (unpaired) electrons. The molecule has 0 amide bonds. The van der Waals surface area contributed by atoms with Crippen molar-refractivity contribution in [2.45, 2.75) is 174 Å². The minimum Gasteiger partial charge on any atom is -0.414 e. The van der Waals surface area contributed by atoms with E-state index in [9.17, 15) is 0 Å². The van der Waals surface area contributed by atoms with Gasteiger partial charge in [-0.1, -0.05) is 74.4 Å². The number of fused-ring (bicyclic) bond motifs is 8. The molecule has 1 saturated heterocycles. The second-order valence-electron chi connectivity index (χ2n) is 19.6. The molecule has 2 saturated carbocycles. The third-order valence-electron chi connectivity index (χ3n) is 14.6. The molecule has 252 valence electrons. The third-order valence-corrected chi connectivity index (χ3v) is 23.7. The highest BCUT2D eigenvalue weighted by Gasteiger charge is 2.62. The standard InChI is InChI=1S/C39H65NO3Si2/c1-24-14-17-32-25(2)27-15-16-28-29-21-33(43-45(12,13)38(6,7)8)31-20-26(42-44(10,11)37(3,4)5)18-19-39(31,9)35(29)36(41)34(28)30(27)23-40(32)22-24/h15-16,24-26,29,31-33,35H,14,17-23H2,1-13H3/t24-,25-,26+,29+,31-,32+,33-,35-,39+/m1/s1. The van der Waals surface area contributed by atoms with Crippen LogP contribution in [0.3, 0.4) is 0 Å². The van der Waals surface area contributed by atoms with E-state index in [1.165, 1.54) is 29.5 Å². The smallest absolute Gasteiger partial charge is 0.192 e. The van der Waals surface area contributed by atoms with Gasteiger partial charge >= 0.3 is 0 Å². The van der Waals surface area contributed by atoms with Gasteiger partial charge in [0.2, 0.25) is 0 Å². The Kier molecular flexibility index (Phi) is 8.42. The van der Waals surface area contributed by atoms with Crippen LogP contribution in [-0.2, 0) is 15.4 Å². The zero-order chi connectivity index (χ0) is 33.1. The van der Waals surface area contributed by atoms with Crippen LogP contribution >= 0.6 is 0 Å². The van der Waals surface area contributed by atoms with Crippen LogP contribution < -0.4 is 0 Å². The third kappa shape index (κ3) is 5.53. The molecule has 2 heterocycles. The molecule has 6 heteroatoms. The first kappa shape index (κ1) is 34.1. The van der Waals surface area contributed by atoms with E-state index in [1.807, 2.05) is 0 Å². The van der Waals surface area contributed by atoms with Gasteiger partial charge in [0.1, 0.15) is 0 Å². The van der Waals surface area contributed by atoms with E-state index < -0.39 is 16.6 Å². The maximum atomic E-state index is 15.0. The average molecular weight is 652 g/mol. The van der Waals surface area contributed by atoms with Crippen molar-refractivity contribution in [2.75, 3.05) is 6.54 Å². The first-order valence-electron chi connectivity index (χ1n) is 18.5. The fourth-order valence-corrected chi connectivity index (χ4v) is 12.7. The summed E-state index contributed by atoms with van der Waals surface area (Å²) in [6.45, 7) is 33.2. The maximum Gasteiger partial charge on any atom is 0.192 e. The van der Waals surface area contributed by atoms with E-state index in [0.29, 0.717) is 23.7 Å². The van der Waals surface area contributed by atoms with Crippen LogP contribution in [0.25, 0.3) is 0 Å². The molecule has 2 aliphatic heterocycles. The van der Waals surface area contributed by atoms with E-state index in [4.69, 9.17) is 8.85 Å². The van der Waals surface area contributed by atoms with Crippen molar-refractivity contribution in [1.29, 1.82) is 0 Å². The summed E-state index contributed by atoms with van der Waals surface area (Å²) in [5, 5.41) is 0.333. The zero-order valence-electron chi connectivity index (χ0n) is 31.1. The number of ketones is 1. The van der Waals surface area contributed by atoms with Crippen molar-refractivity contribution in [3.8, 4) is 0 Å². The number of Topliss-reactive ketones (excluding diaryl/α,β-unsaturated/α-hetero) is 1. The van der Waals surface area contributed by atoms with Crippen molar-refractivity contribution in [2.24, 2.45) is 23.2 Å². The summed E-state index contributed by atoms with van der Waals surface area (Å²) >= 11 is 0. The van der Waals surface area contributed by atoms with Gasteiger partial charge in [-0.05, 0) is 121 Å². The second-order valence-corrected chi connectivity index (χ2v) is 29.1. The lowest BCUT2D eigenvalue weighted by Crippen LogP contribution is -2.58. The highest BCUT2D eigenvalue weighted by molar-refractivity contribution is 6.74. The first-order valence-corrected chi connectivity index (χ1v) is 24.3. The fourth-order valence-electron chi connectivity index (χ4n) is 9.93. The Labute approximate surface area is 278 Å². The van der Waals surface area contributed by atoms with Gasteiger partial charge in [0.15, 0.2) is 22.4 Å². The first-order chi connectivity index (χ1) is 20.7. The van der Waals surface area contributed by atoms with Crippen LogP contribution in [-0.4, -0.2) is 52.1 Å². The van der Waals surface area contributed by atoms with E-state index in [1.54, 1.807) is 0 Å². The Hall–Kier alpha value is -0.796. The van der Waals surface area contributed by atoms with Gasteiger partial charge in [-0.2, -0.15) is 0 Å². The number of nitrogens with zero attached hydrogens (tertiary/aromatic N) is 1. The molecule has 45 heavy (non-hydrogen) atoms. The molecule has 5 aliphatic rings. The molecular weight excluding hydrogens is 587 g/mol. The van der Waals surface area contributed by atoms with Gasteiger partial charge in [-0.25, -0.2) is 0 Å². The summed E-state index contributed by atoms with van der Waals surface area (Å²) < 4.78 is 14.6. The van der Waals surface area contributed by atoms with Gasteiger partial charge in [0.05, 0.1) is 0 Å². The summed E-state index contributed by atoms with van der Waals surface area (Å²) in [7, 11) is -3.95. The van der Waals surface area contributed by atoms with Gasteiger partial charge in [0.25, 0.3) is 0 Å². The lowest BCUT2D eigenvalue weighted by Gasteiger charge is -2.58. The number of benzene rings is 1. The molecule has 1 aromatic rings. The molecular formula is C39H65NO3Si2. The number of hydrogen-bond donors (Lipinski definition) is 0. The van der Waals surface area contributed by atoms with Crippen molar-refractivity contribution in [3.05, 3.63) is 34.4 Å². The topological polar surface area (TPSA) is 38.8 Å². The number of carbonyl (C=O) groups excluding carboxylic acids is 1. The molecule has 0 N–H and O–H groups in total. The van der Waals surface area contributed by atoms with Crippen LogP contribution in [0, 0.1) is 23.2 Å². The van der Waals surface area contributed by atoms with E-state index in [0.717, 1.165) is 50.3 Å². The van der Waals surface area contributed by atoms with Crippen LogP contribution in [0.5, 0.6) is 0 Å². The summed E-state index contributed by atoms with van der Waals surface area (Å²) in [6, 6.07) is 5.45. The van der Waals surface area contributed by atoms with Crippen LogP contribution in [0.1, 0.15) is 140 Å². The Bertz CT molecular complexity index is 1320. The minimum atomic E-state index is -2.04. The molecule has 0 unspecified atom stereocenters. The van der Waals surface area contributed by atoms with E-state index in [-0.39, 0.29) is 39.5 Å². The Morgan fingerprint density at radius 3 is 2.13 bits per heavy atom. The lowest BCUT2D eigenvalue weighted by atomic mass is 9.51. The molecule has 0 bridgehead atoms. The molecule has 6 rings (SSSR count). The predicted molar refractivity (Wildman–Crippen MR) is 192 cm³/mol. The second kappa shape index (κ2) is 11.1. The molecule has 3 fully saturated rings. The van der Waals surface area contributed by atoms with Gasteiger partial charge in [0, 0.05) is 42.8 Å². The minimum absolute atomic E-state index is 0.0606.